The van der Waals surface area contributed by atoms with Gasteiger partial charge in [0.05, 0.1) is 11.0 Å². The van der Waals surface area contributed by atoms with Crippen molar-refractivity contribution in [3.8, 4) is 51.0 Å². The number of nitrogens with two attached hydrogens (primary N) is 1. The van der Waals surface area contributed by atoms with E-state index in [9.17, 15) is 0 Å². The molecule has 0 unspecified atom stereocenters. The molecule has 3 heterocycles. The van der Waals surface area contributed by atoms with Crippen molar-refractivity contribution in [3.05, 3.63) is 164 Å². The summed E-state index contributed by atoms with van der Waals surface area (Å²) in [4.78, 5) is 14.7. The Morgan fingerprint density at radius 2 is 1.04 bits per heavy atom. The van der Waals surface area contributed by atoms with Crippen LogP contribution >= 0.6 is 11.3 Å². The van der Waals surface area contributed by atoms with E-state index in [4.69, 9.17) is 20.7 Å². The van der Waals surface area contributed by atoms with Crippen LogP contribution in [0.2, 0.25) is 0 Å². The lowest BCUT2D eigenvalue weighted by Gasteiger charge is -2.11. The van der Waals surface area contributed by atoms with Gasteiger partial charge in [-0.15, -0.1) is 11.3 Å². The van der Waals surface area contributed by atoms with E-state index >= 15 is 0 Å². The Labute approximate surface area is 298 Å². The summed E-state index contributed by atoms with van der Waals surface area (Å²) < 4.78 is 4.99. The lowest BCUT2D eigenvalue weighted by molar-refractivity contribution is 1.07. The predicted octanol–water partition coefficient (Wildman–Crippen LogP) is 11.6. The van der Waals surface area contributed by atoms with Gasteiger partial charge < -0.3 is 10.3 Å². The first-order valence-electron chi connectivity index (χ1n) is 16.9. The molecule has 0 saturated carbocycles. The fourth-order valence-corrected chi connectivity index (χ4v) is 8.42. The molecule has 10 aromatic rings. The molecule has 3 aromatic heterocycles. The van der Waals surface area contributed by atoms with Crippen molar-refractivity contribution in [3.63, 3.8) is 0 Å². The van der Waals surface area contributed by atoms with Crippen molar-refractivity contribution in [2.45, 2.75) is 0 Å². The summed E-state index contributed by atoms with van der Waals surface area (Å²) in [5.41, 5.74) is 15.3. The Bertz CT molecular complexity index is 2920. The van der Waals surface area contributed by atoms with Gasteiger partial charge in [-0.05, 0) is 65.7 Å². The Balaban J connectivity index is 1.12. The van der Waals surface area contributed by atoms with Gasteiger partial charge in [0.1, 0.15) is 0 Å². The first-order valence-corrected chi connectivity index (χ1v) is 17.7. The summed E-state index contributed by atoms with van der Waals surface area (Å²) in [6.45, 7) is 0. The molecule has 0 aliphatic rings. The molecule has 0 aliphatic carbocycles. The second-order valence-corrected chi connectivity index (χ2v) is 13.8. The van der Waals surface area contributed by atoms with Gasteiger partial charge in [0.2, 0.25) is 0 Å². The number of fused-ring (bicyclic) bond motifs is 6. The number of para-hydroxylation sites is 1. The van der Waals surface area contributed by atoms with Gasteiger partial charge in [0.15, 0.2) is 17.5 Å². The van der Waals surface area contributed by atoms with Crippen LogP contribution < -0.4 is 5.73 Å². The number of thiophene rings is 1. The van der Waals surface area contributed by atoms with Crippen molar-refractivity contribution < 1.29 is 0 Å². The van der Waals surface area contributed by atoms with Gasteiger partial charge in [0.25, 0.3) is 0 Å². The predicted molar refractivity (Wildman–Crippen MR) is 213 cm³/mol. The molecule has 2 N–H and O–H groups in total. The van der Waals surface area contributed by atoms with Crippen molar-refractivity contribution in [1.82, 2.24) is 19.5 Å². The third kappa shape index (κ3) is 4.96. The van der Waals surface area contributed by atoms with Crippen LogP contribution in [0.5, 0.6) is 0 Å². The molecule has 0 aliphatic heterocycles. The molecule has 51 heavy (non-hydrogen) atoms. The molecule has 0 amide bonds. The number of benzene rings is 7. The molecule has 10 rings (SSSR count). The molecule has 6 heteroatoms. The number of hydrogen-bond donors (Lipinski definition) is 1. The number of aromatic nitrogens is 4. The zero-order valence-electron chi connectivity index (χ0n) is 27.4. The molecule has 0 fully saturated rings. The summed E-state index contributed by atoms with van der Waals surface area (Å²) in [7, 11) is 0. The maximum Gasteiger partial charge on any atom is 0.164 e. The Hall–Kier alpha value is -6.63. The van der Waals surface area contributed by atoms with Crippen LogP contribution in [0.25, 0.3) is 93.0 Å². The number of anilines is 1. The molecule has 0 saturated heterocycles. The number of rotatable bonds is 5. The van der Waals surface area contributed by atoms with E-state index < -0.39 is 0 Å². The third-order valence-electron chi connectivity index (χ3n) is 9.58. The van der Waals surface area contributed by atoms with Gasteiger partial charge in [0, 0.05) is 59.0 Å². The van der Waals surface area contributed by atoms with Gasteiger partial charge in [-0.2, -0.15) is 0 Å². The summed E-state index contributed by atoms with van der Waals surface area (Å²) in [6, 6.07) is 57.1. The fraction of sp³-hybridized carbons (Fsp3) is 0. The van der Waals surface area contributed by atoms with Crippen LogP contribution in [0, 0.1) is 0 Å². The van der Waals surface area contributed by atoms with Crippen molar-refractivity contribution in [1.29, 1.82) is 0 Å². The molecule has 0 bridgehead atoms. The molecular formula is C45H29N5S. The smallest absolute Gasteiger partial charge is 0.164 e. The molecular weight excluding hydrogens is 643 g/mol. The molecule has 240 valence electrons. The van der Waals surface area contributed by atoms with Crippen LogP contribution in [0.1, 0.15) is 0 Å². The second kappa shape index (κ2) is 11.8. The molecule has 0 spiro atoms. The van der Waals surface area contributed by atoms with Crippen LogP contribution in [0.15, 0.2) is 164 Å². The topological polar surface area (TPSA) is 69.6 Å². The van der Waals surface area contributed by atoms with Crippen molar-refractivity contribution >= 4 is 59.0 Å². The third-order valence-corrected chi connectivity index (χ3v) is 10.8. The SMILES string of the molecule is Nc1cccc(-c2nc(-c3ccccc3)nc(-c3ccc(-n4c5ccccc5c5ccc(-c6cccc7c6sc6ccccc67)cc54)cc3)n2)c1. The highest BCUT2D eigenvalue weighted by Gasteiger charge is 2.17. The van der Waals surface area contributed by atoms with E-state index in [1.165, 1.54) is 42.1 Å². The number of hydrogen-bond acceptors (Lipinski definition) is 5. The van der Waals surface area contributed by atoms with Gasteiger partial charge >= 0.3 is 0 Å². The zero-order valence-corrected chi connectivity index (χ0v) is 28.2. The highest BCUT2D eigenvalue weighted by Crippen LogP contribution is 2.42. The minimum absolute atomic E-state index is 0.582. The summed E-state index contributed by atoms with van der Waals surface area (Å²) in [5.74, 6) is 1.80. The molecule has 5 nitrogen and oxygen atoms in total. The van der Waals surface area contributed by atoms with E-state index in [2.05, 4.69) is 114 Å². The van der Waals surface area contributed by atoms with E-state index in [1.54, 1.807) is 0 Å². The summed E-state index contributed by atoms with van der Waals surface area (Å²) >= 11 is 1.86. The van der Waals surface area contributed by atoms with E-state index in [1.807, 2.05) is 65.9 Å². The average Bonchev–Trinajstić information content (AvgIpc) is 3.74. The first-order chi connectivity index (χ1) is 25.2. The van der Waals surface area contributed by atoms with E-state index in [0.717, 1.165) is 33.4 Å². The standard InChI is InChI=1S/C45H29N5S/c46-32-13-8-12-31(26-32)45-48-43(28-10-2-1-3-11-28)47-44(49-45)29-20-23-33(24-21-29)50-39-18-6-4-14-35(39)36-25-22-30(27-40(36)50)34-16-9-17-38-37-15-5-7-19-41(37)51-42(34)38/h1-27H,46H2. The molecule has 0 radical (unpaired) electrons. The van der Waals surface area contributed by atoms with Crippen LogP contribution in [-0.2, 0) is 0 Å². The maximum atomic E-state index is 6.15. The second-order valence-electron chi connectivity index (χ2n) is 12.7. The first kappa shape index (κ1) is 29.3. The lowest BCUT2D eigenvalue weighted by Crippen LogP contribution is -2.01. The zero-order chi connectivity index (χ0) is 33.9. The average molecular weight is 672 g/mol. The Morgan fingerprint density at radius 3 is 1.84 bits per heavy atom. The minimum Gasteiger partial charge on any atom is -0.399 e. The fourth-order valence-electron chi connectivity index (χ4n) is 7.18. The molecule has 0 atom stereocenters. The monoisotopic (exact) mass is 671 g/mol. The van der Waals surface area contributed by atoms with Crippen LogP contribution in [-0.4, -0.2) is 19.5 Å². The highest BCUT2D eigenvalue weighted by molar-refractivity contribution is 7.26. The summed E-state index contributed by atoms with van der Waals surface area (Å²) in [5, 5.41) is 5.05. The van der Waals surface area contributed by atoms with Gasteiger partial charge in [-0.25, -0.2) is 15.0 Å². The van der Waals surface area contributed by atoms with Crippen molar-refractivity contribution in [2.24, 2.45) is 0 Å². The molecule has 7 aromatic carbocycles. The van der Waals surface area contributed by atoms with E-state index in [-0.39, 0.29) is 0 Å². The van der Waals surface area contributed by atoms with E-state index in [0.29, 0.717) is 23.2 Å². The summed E-state index contributed by atoms with van der Waals surface area (Å²) in [6.07, 6.45) is 0. The van der Waals surface area contributed by atoms with Gasteiger partial charge in [-0.1, -0.05) is 109 Å². The lowest BCUT2D eigenvalue weighted by atomic mass is 10.0. The largest absolute Gasteiger partial charge is 0.399 e. The highest BCUT2D eigenvalue weighted by atomic mass is 32.1. The van der Waals surface area contributed by atoms with Gasteiger partial charge in [-0.3, -0.25) is 0 Å². The normalized spacial score (nSPS) is 11.6. The van der Waals surface area contributed by atoms with Crippen LogP contribution in [0.4, 0.5) is 5.69 Å². The minimum atomic E-state index is 0.582. The van der Waals surface area contributed by atoms with Crippen LogP contribution in [0.3, 0.4) is 0 Å². The number of nitrogens with zero attached hydrogens (tertiary/aromatic N) is 4. The Morgan fingerprint density at radius 1 is 0.431 bits per heavy atom. The number of nitrogen functional groups attached to an aromatic ring is 1. The Kier molecular flexibility index (Phi) is 6.76. The maximum absolute atomic E-state index is 6.15. The van der Waals surface area contributed by atoms with Crippen molar-refractivity contribution in [2.75, 3.05) is 5.73 Å². The quantitative estimate of drug-likeness (QED) is 0.185.